The number of benzene rings is 1. The van der Waals surface area contributed by atoms with E-state index in [0.717, 1.165) is 53.6 Å². The summed E-state index contributed by atoms with van der Waals surface area (Å²) in [7, 11) is 0. The van der Waals surface area contributed by atoms with E-state index >= 15 is 0 Å². The van der Waals surface area contributed by atoms with Crippen molar-refractivity contribution in [1.29, 1.82) is 0 Å². The first-order valence-electron chi connectivity index (χ1n) is 7.40. The van der Waals surface area contributed by atoms with Gasteiger partial charge in [-0.25, -0.2) is 4.98 Å². The highest BCUT2D eigenvalue weighted by atomic mass is 16.6. The Kier molecular flexibility index (Phi) is 3.44. The Bertz CT molecular complexity index is 721. The lowest BCUT2D eigenvalue weighted by atomic mass is 10.2. The average Bonchev–Trinajstić information content (AvgIpc) is 3.18. The highest BCUT2D eigenvalue weighted by molar-refractivity contribution is 5.79. The molecule has 3 aromatic rings. The quantitative estimate of drug-likeness (QED) is 0.707. The van der Waals surface area contributed by atoms with E-state index in [0.29, 0.717) is 13.2 Å². The molecule has 0 saturated heterocycles. The maximum atomic E-state index is 5.59. The molecule has 1 aromatic carbocycles. The molecule has 0 bridgehead atoms. The second-order valence-electron chi connectivity index (χ2n) is 5.20. The number of aromatic nitrogens is 2. The first-order valence-corrected chi connectivity index (χ1v) is 7.40. The predicted molar refractivity (Wildman–Crippen MR) is 81.2 cm³/mol. The van der Waals surface area contributed by atoms with Crippen LogP contribution in [0.4, 0.5) is 0 Å². The number of aromatic amines is 1. The van der Waals surface area contributed by atoms with Gasteiger partial charge in [0.15, 0.2) is 11.5 Å². The Labute approximate surface area is 127 Å². The van der Waals surface area contributed by atoms with Gasteiger partial charge in [0.1, 0.15) is 24.8 Å². The van der Waals surface area contributed by atoms with Crippen LogP contribution in [0.1, 0.15) is 11.6 Å². The van der Waals surface area contributed by atoms with Gasteiger partial charge >= 0.3 is 0 Å². The number of rotatable bonds is 5. The average molecular weight is 299 g/mol. The number of hydrogen-bond donors (Lipinski definition) is 2. The summed E-state index contributed by atoms with van der Waals surface area (Å²) in [6.45, 7) is 2.74. The summed E-state index contributed by atoms with van der Waals surface area (Å²) in [6.07, 6.45) is 2.50. The number of fused-ring (bicyclic) bond motifs is 2. The Morgan fingerprint density at radius 3 is 2.86 bits per heavy atom. The molecule has 3 heterocycles. The van der Waals surface area contributed by atoms with Gasteiger partial charge in [-0.05, 0) is 12.1 Å². The van der Waals surface area contributed by atoms with Crippen molar-refractivity contribution >= 4 is 11.0 Å². The number of nitrogens with zero attached hydrogens (tertiary/aromatic N) is 1. The monoisotopic (exact) mass is 299 g/mol. The van der Waals surface area contributed by atoms with Crippen molar-refractivity contribution in [1.82, 2.24) is 15.3 Å². The first-order chi connectivity index (χ1) is 10.9. The smallest absolute Gasteiger partial charge is 0.163 e. The molecule has 0 spiro atoms. The SMILES string of the molecule is c1coc(CNCCc2nc3cc4c(cc3[nH]2)OCCO4)c1. The molecule has 0 fully saturated rings. The maximum absolute atomic E-state index is 5.59. The third kappa shape index (κ3) is 2.65. The van der Waals surface area contributed by atoms with Crippen molar-refractivity contribution in [2.45, 2.75) is 13.0 Å². The van der Waals surface area contributed by atoms with Gasteiger partial charge in [0.05, 0.1) is 23.8 Å². The van der Waals surface area contributed by atoms with E-state index in [2.05, 4.69) is 15.3 Å². The molecule has 0 atom stereocenters. The second-order valence-corrected chi connectivity index (χ2v) is 5.20. The van der Waals surface area contributed by atoms with Crippen molar-refractivity contribution < 1.29 is 13.9 Å². The van der Waals surface area contributed by atoms with Gasteiger partial charge in [-0.1, -0.05) is 0 Å². The van der Waals surface area contributed by atoms with E-state index < -0.39 is 0 Å². The number of imidazole rings is 1. The van der Waals surface area contributed by atoms with Gasteiger partial charge in [0.25, 0.3) is 0 Å². The number of nitrogens with one attached hydrogen (secondary N) is 2. The number of hydrogen-bond acceptors (Lipinski definition) is 5. The lowest BCUT2D eigenvalue weighted by Gasteiger charge is -2.17. The summed E-state index contributed by atoms with van der Waals surface area (Å²) >= 11 is 0. The fraction of sp³-hybridized carbons (Fsp3) is 0.312. The number of furan rings is 1. The van der Waals surface area contributed by atoms with Crippen molar-refractivity contribution in [3.8, 4) is 11.5 Å². The van der Waals surface area contributed by atoms with Crippen LogP contribution in [0, 0.1) is 0 Å². The molecule has 22 heavy (non-hydrogen) atoms. The standard InChI is InChI=1S/C16H17N3O3/c1-2-11(20-5-1)10-17-4-3-16-18-12-8-14-15(9-13(12)19-16)22-7-6-21-14/h1-2,5,8-9,17H,3-4,6-7,10H2,(H,18,19). The van der Waals surface area contributed by atoms with Crippen LogP contribution >= 0.6 is 0 Å². The minimum atomic E-state index is 0.590. The minimum Gasteiger partial charge on any atom is -0.486 e. The van der Waals surface area contributed by atoms with Crippen LogP contribution in [0.2, 0.25) is 0 Å². The fourth-order valence-corrected chi connectivity index (χ4v) is 2.55. The van der Waals surface area contributed by atoms with Crippen LogP contribution in [-0.4, -0.2) is 29.7 Å². The van der Waals surface area contributed by atoms with E-state index in [-0.39, 0.29) is 0 Å². The molecule has 1 aliphatic heterocycles. The van der Waals surface area contributed by atoms with Crippen LogP contribution in [0.15, 0.2) is 34.9 Å². The molecule has 0 aliphatic carbocycles. The second kappa shape index (κ2) is 5.73. The molecule has 1 aliphatic rings. The van der Waals surface area contributed by atoms with Crippen molar-refractivity contribution in [2.24, 2.45) is 0 Å². The van der Waals surface area contributed by atoms with Crippen molar-refractivity contribution in [3.05, 3.63) is 42.1 Å². The van der Waals surface area contributed by atoms with Gasteiger partial charge in [-0.2, -0.15) is 0 Å². The summed E-state index contributed by atoms with van der Waals surface area (Å²) in [6, 6.07) is 7.73. The highest BCUT2D eigenvalue weighted by Gasteiger charge is 2.14. The lowest BCUT2D eigenvalue weighted by Crippen LogP contribution is -2.16. The van der Waals surface area contributed by atoms with E-state index in [9.17, 15) is 0 Å². The Balaban J connectivity index is 1.41. The Morgan fingerprint density at radius 1 is 1.18 bits per heavy atom. The van der Waals surface area contributed by atoms with Crippen LogP contribution in [-0.2, 0) is 13.0 Å². The zero-order valence-electron chi connectivity index (χ0n) is 12.1. The fourth-order valence-electron chi connectivity index (χ4n) is 2.55. The zero-order chi connectivity index (χ0) is 14.8. The molecule has 2 N–H and O–H groups in total. The summed E-state index contributed by atoms with van der Waals surface area (Å²) in [5, 5.41) is 3.33. The lowest BCUT2D eigenvalue weighted by molar-refractivity contribution is 0.172. The normalized spacial score (nSPS) is 13.6. The van der Waals surface area contributed by atoms with Gasteiger partial charge in [0, 0.05) is 25.1 Å². The molecular formula is C16H17N3O3. The van der Waals surface area contributed by atoms with Crippen LogP contribution in [0.3, 0.4) is 0 Å². The summed E-state index contributed by atoms with van der Waals surface area (Å²) in [4.78, 5) is 7.93. The van der Waals surface area contributed by atoms with E-state index in [1.807, 2.05) is 24.3 Å². The molecule has 2 aromatic heterocycles. The molecule has 0 unspecified atom stereocenters. The molecule has 6 nitrogen and oxygen atoms in total. The highest BCUT2D eigenvalue weighted by Crippen LogP contribution is 2.33. The topological polar surface area (TPSA) is 72.3 Å². The molecule has 4 rings (SSSR count). The van der Waals surface area contributed by atoms with Crippen molar-refractivity contribution in [2.75, 3.05) is 19.8 Å². The summed E-state index contributed by atoms with van der Waals surface area (Å²) in [5.74, 6) is 3.44. The zero-order valence-corrected chi connectivity index (χ0v) is 12.1. The van der Waals surface area contributed by atoms with Gasteiger partial charge in [-0.15, -0.1) is 0 Å². The molecule has 6 heteroatoms. The summed E-state index contributed by atoms with van der Waals surface area (Å²) < 4.78 is 16.4. The van der Waals surface area contributed by atoms with Crippen molar-refractivity contribution in [3.63, 3.8) is 0 Å². The number of ether oxygens (including phenoxy) is 2. The molecule has 0 radical (unpaired) electrons. The Hall–Kier alpha value is -2.47. The van der Waals surface area contributed by atoms with Crippen LogP contribution in [0.25, 0.3) is 11.0 Å². The van der Waals surface area contributed by atoms with Crippen LogP contribution in [0.5, 0.6) is 11.5 Å². The Morgan fingerprint density at radius 2 is 2.05 bits per heavy atom. The third-order valence-corrected chi connectivity index (χ3v) is 3.61. The summed E-state index contributed by atoms with van der Waals surface area (Å²) in [5.41, 5.74) is 1.88. The van der Waals surface area contributed by atoms with E-state index in [4.69, 9.17) is 13.9 Å². The van der Waals surface area contributed by atoms with E-state index in [1.165, 1.54) is 0 Å². The molecule has 0 saturated carbocycles. The molecule has 114 valence electrons. The van der Waals surface area contributed by atoms with Crippen LogP contribution < -0.4 is 14.8 Å². The third-order valence-electron chi connectivity index (χ3n) is 3.61. The van der Waals surface area contributed by atoms with Gasteiger partial charge in [0.2, 0.25) is 0 Å². The predicted octanol–water partition coefficient (Wildman–Crippen LogP) is 2.26. The first kappa shape index (κ1) is 13.2. The van der Waals surface area contributed by atoms with E-state index in [1.54, 1.807) is 6.26 Å². The largest absolute Gasteiger partial charge is 0.486 e. The van der Waals surface area contributed by atoms with Gasteiger partial charge < -0.3 is 24.2 Å². The molecule has 0 amide bonds. The minimum absolute atomic E-state index is 0.590. The van der Waals surface area contributed by atoms with Gasteiger partial charge in [-0.3, -0.25) is 0 Å². The number of H-pyrrole nitrogens is 1. The molecular weight excluding hydrogens is 282 g/mol. The maximum Gasteiger partial charge on any atom is 0.163 e.